The highest BCUT2D eigenvalue weighted by Crippen LogP contribution is 2.22. The highest BCUT2D eigenvalue weighted by Gasteiger charge is 2.13. The summed E-state index contributed by atoms with van der Waals surface area (Å²) in [4.78, 5) is 7.22. The smallest absolute Gasteiger partial charge is 0.160 e. The van der Waals surface area contributed by atoms with Crippen LogP contribution < -0.4 is 0 Å². The lowest BCUT2D eigenvalue weighted by Gasteiger charge is -1.88. The average Bonchev–Trinajstić information content (AvgIpc) is 2.84. The van der Waals surface area contributed by atoms with Crippen LogP contribution in [0.2, 0.25) is 0 Å². The van der Waals surface area contributed by atoms with E-state index >= 15 is 0 Å². The van der Waals surface area contributed by atoms with Gasteiger partial charge in [-0.3, -0.25) is 0 Å². The Morgan fingerprint density at radius 1 is 1.31 bits per heavy atom. The lowest BCUT2D eigenvalue weighted by Crippen LogP contribution is -1.83. The van der Waals surface area contributed by atoms with Crippen LogP contribution in [-0.2, 0) is 0 Å². The van der Waals surface area contributed by atoms with Gasteiger partial charge in [0.15, 0.2) is 11.6 Å². The maximum atomic E-state index is 13.4. The summed E-state index contributed by atoms with van der Waals surface area (Å²) >= 11 is 1.12. The number of hydrogen-bond acceptors (Lipinski definition) is 4. The molecule has 6 heteroatoms. The van der Waals surface area contributed by atoms with Crippen molar-refractivity contribution in [3.05, 3.63) is 29.7 Å². The van der Waals surface area contributed by atoms with Crippen LogP contribution in [0.25, 0.3) is 22.6 Å². The first-order valence-corrected chi connectivity index (χ1v) is 5.42. The largest absolute Gasteiger partial charge is 0.336 e. The van der Waals surface area contributed by atoms with Gasteiger partial charge in [-0.15, -0.1) is 0 Å². The molecule has 4 nitrogen and oxygen atoms in total. The number of halogens is 1. The molecule has 0 saturated heterocycles. The Hall–Kier alpha value is -1.82. The van der Waals surface area contributed by atoms with Gasteiger partial charge in [0.2, 0.25) is 0 Å². The van der Waals surface area contributed by atoms with Crippen molar-refractivity contribution in [2.75, 3.05) is 0 Å². The molecule has 1 aromatic carbocycles. The van der Waals surface area contributed by atoms with Crippen LogP contribution in [0.5, 0.6) is 0 Å². The Kier molecular flexibility index (Phi) is 1.97. The van der Waals surface area contributed by atoms with E-state index in [0.717, 1.165) is 17.4 Å². The average molecular weight is 234 g/mol. The van der Waals surface area contributed by atoms with Crippen molar-refractivity contribution in [2.24, 2.45) is 0 Å². The lowest BCUT2D eigenvalue weighted by atomic mass is 10.3. The van der Waals surface area contributed by atoms with Crippen LogP contribution >= 0.6 is 11.7 Å². The van der Waals surface area contributed by atoms with Gasteiger partial charge in [-0.1, -0.05) is 6.07 Å². The van der Waals surface area contributed by atoms with Gasteiger partial charge < -0.3 is 4.98 Å². The number of aryl methyl sites for hydroxylation is 1. The molecule has 80 valence electrons. The maximum Gasteiger partial charge on any atom is 0.160 e. The van der Waals surface area contributed by atoms with Gasteiger partial charge in [0.1, 0.15) is 11.2 Å². The van der Waals surface area contributed by atoms with E-state index in [2.05, 4.69) is 18.7 Å². The molecule has 0 aliphatic carbocycles. The standard InChI is InChI=1S/C10H7FN4S/c1-5-8(15-16-14-5)10-12-7-4-2-3-6(11)9(7)13-10/h2-4H,1H3,(H,12,13). The zero-order valence-electron chi connectivity index (χ0n) is 8.36. The van der Waals surface area contributed by atoms with E-state index in [1.54, 1.807) is 12.1 Å². The number of para-hydroxylation sites is 1. The molecule has 0 radical (unpaired) electrons. The van der Waals surface area contributed by atoms with E-state index in [0.29, 0.717) is 22.6 Å². The van der Waals surface area contributed by atoms with Crippen molar-refractivity contribution in [1.29, 1.82) is 0 Å². The van der Waals surface area contributed by atoms with Crippen LogP contribution in [0.15, 0.2) is 18.2 Å². The third-order valence-electron chi connectivity index (χ3n) is 2.34. The predicted octanol–water partition coefficient (Wildman–Crippen LogP) is 2.53. The second kappa shape index (κ2) is 3.34. The normalized spacial score (nSPS) is 11.1. The minimum Gasteiger partial charge on any atom is -0.336 e. The highest BCUT2D eigenvalue weighted by atomic mass is 32.1. The van der Waals surface area contributed by atoms with Gasteiger partial charge in [-0.25, -0.2) is 9.37 Å². The van der Waals surface area contributed by atoms with Gasteiger partial charge in [0.25, 0.3) is 0 Å². The second-order valence-electron chi connectivity index (χ2n) is 3.42. The van der Waals surface area contributed by atoms with E-state index in [1.807, 2.05) is 6.92 Å². The summed E-state index contributed by atoms with van der Waals surface area (Å²) in [6.07, 6.45) is 0. The Bertz CT molecular complexity index is 658. The number of benzene rings is 1. The summed E-state index contributed by atoms with van der Waals surface area (Å²) in [7, 11) is 0. The molecule has 0 aliphatic rings. The summed E-state index contributed by atoms with van der Waals surface area (Å²) in [5.74, 6) is 0.229. The first-order chi connectivity index (χ1) is 7.75. The minimum atomic E-state index is -0.333. The Balaban J connectivity index is 2.27. The molecule has 0 unspecified atom stereocenters. The Labute approximate surface area is 94.5 Å². The fourth-order valence-electron chi connectivity index (χ4n) is 1.56. The first-order valence-electron chi connectivity index (χ1n) is 4.69. The van der Waals surface area contributed by atoms with Crippen LogP contribution in [0.4, 0.5) is 4.39 Å². The SMILES string of the molecule is Cc1nsnc1-c1nc2c(F)cccc2[nH]1. The van der Waals surface area contributed by atoms with E-state index in [-0.39, 0.29) is 5.82 Å². The van der Waals surface area contributed by atoms with Gasteiger partial charge in [0, 0.05) is 0 Å². The zero-order chi connectivity index (χ0) is 11.1. The third-order valence-corrected chi connectivity index (χ3v) is 2.96. The fourth-order valence-corrected chi connectivity index (χ4v) is 2.11. The summed E-state index contributed by atoms with van der Waals surface area (Å²) < 4.78 is 21.6. The summed E-state index contributed by atoms with van der Waals surface area (Å²) in [5, 5.41) is 0. The highest BCUT2D eigenvalue weighted by molar-refractivity contribution is 6.99. The molecular formula is C10H7FN4S. The molecule has 0 fully saturated rings. The van der Waals surface area contributed by atoms with Crippen molar-refractivity contribution in [3.63, 3.8) is 0 Å². The maximum absolute atomic E-state index is 13.4. The Morgan fingerprint density at radius 2 is 2.19 bits per heavy atom. The number of hydrogen-bond donors (Lipinski definition) is 1. The molecule has 3 aromatic rings. The van der Waals surface area contributed by atoms with Gasteiger partial charge >= 0.3 is 0 Å². The molecule has 0 atom stereocenters. The lowest BCUT2D eigenvalue weighted by molar-refractivity contribution is 0.637. The van der Waals surface area contributed by atoms with Crippen LogP contribution in [0, 0.1) is 12.7 Å². The van der Waals surface area contributed by atoms with Crippen molar-refractivity contribution >= 4 is 22.8 Å². The van der Waals surface area contributed by atoms with Gasteiger partial charge in [-0.05, 0) is 19.1 Å². The van der Waals surface area contributed by atoms with E-state index < -0.39 is 0 Å². The van der Waals surface area contributed by atoms with Gasteiger partial charge in [0.05, 0.1) is 22.9 Å². The first kappa shape index (κ1) is 9.41. The molecule has 0 aliphatic heterocycles. The summed E-state index contributed by atoms with van der Waals surface area (Å²) in [6.45, 7) is 1.85. The van der Waals surface area contributed by atoms with Crippen molar-refractivity contribution in [3.8, 4) is 11.5 Å². The van der Waals surface area contributed by atoms with Crippen LogP contribution in [0.3, 0.4) is 0 Å². The number of imidazole rings is 1. The van der Waals surface area contributed by atoms with E-state index in [9.17, 15) is 4.39 Å². The Morgan fingerprint density at radius 3 is 2.88 bits per heavy atom. The molecule has 0 amide bonds. The van der Waals surface area contributed by atoms with Gasteiger partial charge in [-0.2, -0.15) is 8.75 Å². The molecule has 2 aromatic heterocycles. The molecule has 2 heterocycles. The summed E-state index contributed by atoms with van der Waals surface area (Å²) in [6, 6.07) is 4.81. The number of aromatic nitrogens is 4. The van der Waals surface area contributed by atoms with Crippen molar-refractivity contribution in [1.82, 2.24) is 18.7 Å². The van der Waals surface area contributed by atoms with Crippen LogP contribution in [0.1, 0.15) is 5.69 Å². The topological polar surface area (TPSA) is 54.5 Å². The van der Waals surface area contributed by atoms with E-state index in [1.165, 1.54) is 6.07 Å². The number of rotatable bonds is 1. The quantitative estimate of drug-likeness (QED) is 0.704. The van der Waals surface area contributed by atoms with Crippen molar-refractivity contribution in [2.45, 2.75) is 6.92 Å². The second-order valence-corrected chi connectivity index (χ2v) is 3.95. The molecule has 1 N–H and O–H groups in total. The van der Waals surface area contributed by atoms with Crippen LogP contribution in [-0.4, -0.2) is 18.7 Å². The zero-order valence-corrected chi connectivity index (χ0v) is 9.18. The summed E-state index contributed by atoms with van der Waals surface area (Å²) in [5.41, 5.74) is 2.48. The number of nitrogens with one attached hydrogen (secondary N) is 1. The third kappa shape index (κ3) is 1.30. The molecule has 3 rings (SSSR count). The monoisotopic (exact) mass is 234 g/mol. The molecule has 0 spiro atoms. The predicted molar refractivity (Wildman–Crippen MR) is 59.7 cm³/mol. The minimum absolute atomic E-state index is 0.333. The number of nitrogens with zero attached hydrogens (tertiary/aromatic N) is 3. The molecule has 0 saturated carbocycles. The van der Waals surface area contributed by atoms with E-state index in [4.69, 9.17) is 0 Å². The molecular weight excluding hydrogens is 227 g/mol. The molecule has 0 bridgehead atoms. The number of aromatic amines is 1. The number of H-pyrrole nitrogens is 1. The number of fused-ring (bicyclic) bond motifs is 1. The molecule has 16 heavy (non-hydrogen) atoms. The fraction of sp³-hybridized carbons (Fsp3) is 0.100. The van der Waals surface area contributed by atoms with Crippen molar-refractivity contribution < 1.29 is 4.39 Å².